The van der Waals surface area contributed by atoms with Crippen molar-refractivity contribution in [3.63, 3.8) is 0 Å². The maximum atomic E-state index is 11.3. The first kappa shape index (κ1) is 16.6. The standard InChI is InChI=1S/C18H23N3O3/c1-24-16-7-6-14-17(21-16)13(8-9-20-14)10-15(22)11-2-4-12(5-3-11)18(19)23/h6-9,11-12,15,22H,2-5,10H2,1H3,(H2,19,23)/t11?,12?,15-/m0/s1. The highest BCUT2D eigenvalue weighted by atomic mass is 16.5. The van der Waals surface area contributed by atoms with E-state index in [0.717, 1.165) is 42.3 Å². The Kier molecular flexibility index (Phi) is 4.94. The smallest absolute Gasteiger partial charge is 0.220 e. The number of carbonyl (C=O) groups is 1. The molecule has 1 atom stereocenters. The lowest BCUT2D eigenvalue weighted by molar-refractivity contribution is -0.123. The molecule has 0 unspecified atom stereocenters. The van der Waals surface area contributed by atoms with Gasteiger partial charge >= 0.3 is 0 Å². The Balaban J connectivity index is 1.74. The van der Waals surface area contributed by atoms with E-state index in [2.05, 4.69) is 9.97 Å². The quantitative estimate of drug-likeness (QED) is 0.872. The molecule has 2 aromatic rings. The first-order chi connectivity index (χ1) is 11.6. The number of aliphatic hydroxyl groups excluding tert-OH is 1. The fourth-order valence-electron chi connectivity index (χ4n) is 3.52. The predicted octanol–water partition coefficient (Wildman–Crippen LogP) is 1.83. The van der Waals surface area contributed by atoms with Crippen LogP contribution in [0.25, 0.3) is 11.0 Å². The molecule has 0 aliphatic heterocycles. The van der Waals surface area contributed by atoms with Gasteiger partial charge in [-0.05, 0) is 49.3 Å². The number of aromatic nitrogens is 2. The van der Waals surface area contributed by atoms with E-state index >= 15 is 0 Å². The van der Waals surface area contributed by atoms with Crippen molar-refractivity contribution in [1.82, 2.24) is 9.97 Å². The third-order valence-corrected chi connectivity index (χ3v) is 5.00. The lowest BCUT2D eigenvalue weighted by atomic mass is 9.78. The van der Waals surface area contributed by atoms with Gasteiger partial charge in [0.25, 0.3) is 0 Å². The van der Waals surface area contributed by atoms with Crippen LogP contribution in [0.4, 0.5) is 0 Å². The topological polar surface area (TPSA) is 98.3 Å². The number of methoxy groups -OCH3 is 1. The van der Waals surface area contributed by atoms with Gasteiger partial charge in [0.15, 0.2) is 0 Å². The first-order valence-corrected chi connectivity index (χ1v) is 8.34. The van der Waals surface area contributed by atoms with Crippen LogP contribution in [-0.4, -0.2) is 34.2 Å². The van der Waals surface area contributed by atoms with Gasteiger partial charge in [-0.3, -0.25) is 9.78 Å². The number of ether oxygens (including phenoxy) is 1. The second kappa shape index (κ2) is 7.13. The largest absolute Gasteiger partial charge is 0.481 e. The lowest BCUT2D eigenvalue weighted by Crippen LogP contribution is -2.32. The Morgan fingerprint density at radius 1 is 1.33 bits per heavy atom. The fourth-order valence-corrected chi connectivity index (χ4v) is 3.52. The summed E-state index contributed by atoms with van der Waals surface area (Å²) in [5, 5.41) is 10.6. The van der Waals surface area contributed by atoms with Gasteiger partial charge in [-0.1, -0.05) is 0 Å². The van der Waals surface area contributed by atoms with E-state index in [1.807, 2.05) is 12.1 Å². The van der Waals surface area contributed by atoms with Crippen molar-refractivity contribution in [3.05, 3.63) is 30.0 Å². The molecule has 1 aliphatic rings. The number of nitrogens with two attached hydrogens (primary N) is 1. The van der Waals surface area contributed by atoms with E-state index in [0.29, 0.717) is 12.3 Å². The Bertz CT molecular complexity index is 727. The number of nitrogens with zero attached hydrogens (tertiary/aromatic N) is 2. The molecule has 6 heteroatoms. The highest BCUT2D eigenvalue weighted by Gasteiger charge is 2.29. The van der Waals surface area contributed by atoms with Crippen LogP contribution in [0.5, 0.6) is 5.88 Å². The van der Waals surface area contributed by atoms with E-state index in [9.17, 15) is 9.90 Å². The van der Waals surface area contributed by atoms with Crippen molar-refractivity contribution < 1.29 is 14.6 Å². The molecule has 0 spiro atoms. The maximum absolute atomic E-state index is 11.3. The van der Waals surface area contributed by atoms with Gasteiger partial charge in [0, 0.05) is 24.6 Å². The molecule has 1 amide bonds. The SMILES string of the molecule is COc1ccc2nccc(C[C@H](O)C3CCC(C(N)=O)CC3)c2n1. The molecule has 3 rings (SSSR count). The van der Waals surface area contributed by atoms with Gasteiger partial charge in [0.1, 0.15) is 0 Å². The van der Waals surface area contributed by atoms with Crippen molar-refractivity contribution in [3.8, 4) is 5.88 Å². The maximum Gasteiger partial charge on any atom is 0.220 e. The Labute approximate surface area is 141 Å². The average molecular weight is 329 g/mol. The number of amides is 1. The molecule has 0 saturated heterocycles. The van der Waals surface area contributed by atoms with Crippen LogP contribution in [0.2, 0.25) is 0 Å². The van der Waals surface area contributed by atoms with Crippen LogP contribution in [-0.2, 0) is 11.2 Å². The van der Waals surface area contributed by atoms with E-state index in [4.69, 9.17) is 10.5 Å². The zero-order valence-electron chi connectivity index (χ0n) is 13.8. The lowest BCUT2D eigenvalue weighted by Gasteiger charge is -2.30. The summed E-state index contributed by atoms with van der Waals surface area (Å²) in [4.78, 5) is 20.0. The molecule has 2 heterocycles. The second-order valence-corrected chi connectivity index (χ2v) is 6.48. The molecule has 128 valence electrons. The highest BCUT2D eigenvalue weighted by molar-refractivity contribution is 5.78. The minimum absolute atomic E-state index is 0.0406. The number of carbonyl (C=O) groups excluding carboxylic acids is 1. The third kappa shape index (κ3) is 3.48. The normalized spacial score (nSPS) is 22.2. The number of primary amides is 1. The van der Waals surface area contributed by atoms with Gasteiger partial charge in [0.2, 0.25) is 11.8 Å². The zero-order chi connectivity index (χ0) is 17.1. The number of pyridine rings is 2. The molecule has 1 aliphatic carbocycles. The molecule has 2 aromatic heterocycles. The average Bonchev–Trinajstić information content (AvgIpc) is 2.61. The molecule has 3 N–H and O–H groups in total. The van der Waals surface area contributed by atoms with Crippen LogP contribution in [0, 0.1) is 11.8 Å². The predicted molar refractivity (Wildman–Crippen MR) is 90.4 cm³/mol. The van der Waals surface area contributed by atoms with Gasteiger partial charge < -0.3 is 15.6 Å². The van der Waals surface area contributed by atoms with Crippen LogP contribution in [0.15, 0.2) is 24.4 Å². The molecule has 6 nitrogen and oxygen atoms in total. The second-order valence-electron chi connectivity index (χ2n) is 6.48. The molecule has 0 aromatic carbocycles. The first-order valence-electron chi connectivity index (χ1n) is 8.34. The van der Waals surface area contributed by atoms with E-state index in [1.54, 1.807) is 19.4 Å². The number of hydrogen-bond donors (Lipinski definition) is 2. The highest BCUT2D eigenvalue weighted by Crippen LogP contribution is 2.32. The third-order valence-electron chi connectivity index (χ3n) is 5.00. The number of hydrogen-bond acceptors (Lipinski definition) is 5. The van der Waals surface area contributed by atoms with Crippen LogP contribution in [0.3, 0.4) is 0 Å². The Morgan fingerprint density at radius 2 is 2.08 bits per heavy atom. The Hall–Kier alpha value is -2.21. The number of fused-ring (bicyclic) bond motifs is 1. The summed E-state index contributed by atoms with van der Waals surface area (Å²) in [5.41, 5.74) is 7.89. The monoisotopic (exact) mass is 329 g/mol. The molecular formula is C18H23N3O3. The van der Waals surface area contributed by atoms with Crippen molar-refractivity contribution in [2.45, 2.75) is 38.2 Å². The van der Waals surface area contributed by atoms with Crippen LogP contribution >= 0.6 is 0 Å². The fraction of sp³-hybridized carbons (Fsp3) is 0.500. The van der Waals surface area contributed by atoms with Gasteiger partial charge in [-0.2, -0.15) is 0 Å². The van der Waals surface area contributed by atoms with Crippen molar-refractivity contribution in [1.29, 1.82) is 0 Å². The van der Waals surface area contributed by atoms with Gasteiger partial charge in [-0.15, -0.1) is 0 Å². The minimum Gasteiger partial charge on any atom is -0.481 e. The summed E-state index contributed by atoms with van der Waals surface area (Å²) in [6, 6.07) is 5.54. The van der Waals surface area contributed by atoms with Crippen molar-refractivity contribution in [2.75, 3.05) is 7.11 Å². The van der Waals surface area contributed by atoms with E-state index in [-0.39, 0.29) is 17.7 Å². The summed E-state index contributed by atoms with van der Waals surface area (Å²) in [6.07, 6.45) is 4.98. The van der Waals surface area contributed by atoms with Crippen molar-refractivity contribution in [2.24, 2.45) is 17.6 Å². The summed E-state index contributed by atoms with van der Waals surface area (Å²) < 4.78 is 5.19. The molecule has 1 saturated carbocycles. The molecule has 24 heavy (non-hydrogen) atoms. The molecular weight excluding hydrogens is 306 g/mol. The summed E-state index contributed by atoms with van der Waals surface area (Å²) >= 11 is 0. The summed E-state index contributed by atoms with van der Waals surface area (Å²) in [7, 11) is 1.58. The molecule has 0 radical (unpaired) electrons. The summed E-state index contributed by atoms with van der Waals surface area (Å²) in [5.74, 6) is 0.461. The minimum atomic E-state index is -0.461. The summed E-state index contributed by atoms with van der Waals surface area (Å²) in [6.45, 7) is 0. The van der Waals surface area contributed by atoms with Crippen molar-refractivity contribution >= 4 is 16.9 Å². The van der Waals surface area contributed by atoms with E-state index in [1.165, 1.54) is 0 Å². The Morgan fingerprint density at radius 3 is 2.75 bits per heavy atom. The number of aliphatic hydroxyl groups is 1. The van der Waals surface area contributed by atoms with E-state index < -0.39 is 6.10 Å². The zero-order valence-corrected chi connectivity index (χ0v) is 13.8. The van der Waals surface area contributed by atoms with Crippen LogP contribution < -0.4 is 10.5 Å². The molecule has 0 bridgehead atoms. The van der Waals surface area contributed by atoms with Gasteiger partial charge in [0.05, 0.1) is 24.2 Å². The van der Waals surface area contributed by atoms with Crippen LogP contribution in [0.1, 0.15) is 31.2 Å². The molecule has 1 fully saturated rings. The number of rotatable bonds is 5. The van der Waals surface area contributed by atoms with Gasteiger partial charge in [-0.25, -0.2) is 4.98 Å².